The van der Waals surface area contributed by atoms with Crippen molar-refractivity contribution in [2.45, 2.75) is 39.2 Å². The van der Waals surface area contributed by atoms with Crippen LogP contribution < -0.4 is 0 Å². The molecule has 0 aliphatic heterocycles. The molecule has 4 aliphatic rings. The van der Waals surface area contributed by atoms with Gasteiger partial charge in [-0.2, -0.15) is 0 Å². The summed E-state index contributed by atoms with van der Waals surface area (Å²) >= 11 is 0. The van der Waals surface area contributed by atoms with E-state index in [1.165, 1.54) is 6.92 Å². The Labute approximate surface area is 106 Å². The average molecular weight is 250 g/mol. The molecule has 4 bridgehead atoms. The second-order valence-corrected chi connectivity index (χ2v) is 6.50. The minimum absolute atomic E-state index is 0.0768. The van der Waals surface area contributed by atoms with Crippen LogP contribution >= 0.6 is 0 Å². The molecule has 0 aromatic heterocycles. The minimum atomic E-state index is -1.53. The molecule has 0 aromatic carbocycles. The van der Waals surface area contributed by atoms with Gasteiger partial charge in [0.05, 0.1) is 11.3 Å². The molecule has 4 heteroatoms. The Morgan fingerprint density at radius 2 is 1.83 bits per heavy atom. The van der Waals surface area contributed by atoms with Gasteiger partial charge in [0.25, 0.3) is 0 Å². The maximum atomic E-state index is 12.5. The Kier molecular flexibility index (Phi) is 2.07. The van der Waals surface area contributed by atoms with Crippen molar-refractivity contribution in [3.05, 3.63) is 0 Å². The van der Waals surface area contributed by atoms with Crippen molar-refractivity contribution in [1.29, 1.82) is 0 Å². The lowest BCUT2D eigenvalue weighted by molar-refractivity contribution is -0.205. The van der Waals surface area contributed by atoms with Crippen LogP contribution in [0.2, 0.25) is 0 Å². The van der Waals surface area contributed by atoms with Crippen LogP contribution in [0.4, 0.5) is 0 Å². The molecule has 0 saturated heterocycles. The first kappa shape index (κ1) is 12.0. The molecule has 4 saturated carbocycles. The number of carbonyl (C=O) groups is 3. The summed E-state index contributed by atoms with van der Waals surface area (Å²) in [6.45, 7) is 5.01. The zero-order valence-electron chi connectivity index (χ0n) is 10.9. The summed E-state index contributed by atoms with van der Waals surface area (Å²) in [5.74, 6) is -1.97. The van der Waals surface area contributed by atoms with E-state index in [9.17, 15) is 19.5 Å². The van der Waals surface area contributed by atoms with E-state index < -0.39 is 22.9 Å². The van der Waals surface area contributed by atoms with Gasteiger partial charge in [0.1, 0.15) is 11.4 Å². The third-order valence-electron chi connectivity index (χ3n) is 5.82. The van der Waals surface area contributed by atoms with E-state index in [0.29, 0.717) is 12.8 Å². The molecule has 6 atom stereocenters. The fraction of sp³-hybridized carbons (Fsp3) is 0.786. The van der Waals surface area contributed by atoms with E-state index >= 15 is 0 Å². The maximum Gasteiger partial charge on any atom is 0.177 e. The highest BCUT2D eigenvalue weighted by molar-refractivity contribution is 6.21. The van der Waals surface area contributed by atoms with Crippen LogP contribution in [-0.4, -0.2) is 28.1 Å². The smallest absolute Gasteiger partial charge is 0.177 e. The number of aliphatic hydroxyl groups is 1. The third kappa shape index (κ3) is 1.00. The van der Waals surface area contributed by atoms with Gasteiger partial charge in [-0.1, -0.05) is 6.92 Å². The van der Waals surface area contributed by atoms with Gasteiger partial charge in [-0.3, -0.25) is 14.4 Å². The molecule has 0 aromatic rings. The predicted octanol–water partition coefficient (Wildman–Crippen LogP) is 0.757. The Morgan fingerprint density at radius 3 is 2.44 bits per heavy atom. The average Bonchev–Trinajstić information content (AvgIpc) is 2.31. The molecule has 0 spiro atoms. The largest absolute Gasteiger partial charge is 0.382 e. The van der Waals surface area contributed by atoms with Gasteiger partial charge in [0.2, 0.25) is 0 Å². The van der Waals surface area contributed by atoms with E-state index in [2.05, 4.69) is 0 Å². The zero-order valence-corrected chi connectivity index (χ0v) is 10.9. The lowest BCUT2D eigenvalue weighted by Crippen LogP contribution is -2.74. The topological polar surface area (TPSA) is 71.4 Å². The fourth-order valence-electron chi connectivity index (χ4n) is 4.67. The van der Waals surface area contributed by atoms with Crippen LogP contribution in [0.15, 0.2) is 0 Å². The van der Waals surface area contributed by atoms with E-state index in [0.717, 1.165) is 0 Å². The molecule has 0 radical (unpaired) electrons. The third-order valence-corrected chi connectivity index (χ3v) is 5.82. The normalized spacial score (nSPS) is 55.0. The molecule has 4 rings (SSSR count). The van der Waals surface area contributed by atoms with Crippen LogP contribution in [0.25, 0.3) is 0 Å². The Morgan fingerprint density at radius 1 is 1.22 bits per heavy atom. The van der Waals surface area contributed by atoms with Crippen molar-refractivity contribution in [3.8, 4) is 0 Å². The Bertz CT molecular complexity index is 478. The molecule has 6 unspecified atom stereocenters. The van der Waals surface area contributed by atoms with Crippen molar-refractivity contribution in [3.63, 3.8) is 0 Å². The van der Waals surface area contributed by atoms with E-state index in [1.807, 2.05) is 6.92 Å². The molecule has 0 heterocycles. The van der Waals surface area contributed by atoms with E-state index in [4.69, 9.17) is 0 Å². The zero-order chi connectivity index (χ0) is 13.5. The second-order valence-electron chi connectivity index (χ2n) is 6.50. The molecule has 4 fully saturated rings. The van der Waals surface area contributed by atoms with Gasteiger partial charge in [-0.25, -0.2) is 0 Å². The summed E-state index contributed by atoms with van der Waals surface area (Å²) in [5.41, 5.74) is -2.70. The number of rotatable bonds is 0. The van der Waals surface area contributed by atoms with Gasteiger partial charge >= 0.3 is 0 Å². The number of ketones is 3. The Hall–Kier alpha value is -1.03. The molecular weight excluding hydrogens is 232 g/mol. The molecule has 98 valence electrons. The van der Waals surface area contributed by atoms with Crippen molar-refractivity contribution in [2.75, 3.05) is 0 Å². The van der Waals surface area contributed by atoms with Crippen molar-refractivity contribution >= 4 is 17.3 Å². The number of hydrogen-bond donors (Lipinski definition) is 1. The van der Waals surface area contributed by atoms with Gasteiger partial charge in [0, 0.05) is 12.3 Å². The van der Waals surface area contributed by atoms with Gasteiger partial charge in [-0.05, 0) is 32.1 Å². The molecular formula is C14H18O4. The number of hydrogen-bond acceptors (Lipinski definition) is 4. The highest BCUT2D eigenvalue weighted by Gasteiger charge is 2.73. The minimum Gasteiger partial charge on any atom is -0.382 e. The highest BCUT2D eigenvalue weighted by Crippen LogP contribution is 2.61. The van der Waals surface area contributed by atoms with E-state index in [-0.39, 0.29) is 29.2 Å². The molecule has 1 N–H and O–H groups in total. The quantitative estimate of drug-likeness (QED) is 0.644. The summed E-state index contributed by atoms with van der Waals surface area (Å²) in [4.78, 5) is 36.9. The first-order chi connectivity index (χ1) is 8.24. The predicted molar refractivity (Wildman–Crippen MR) is 62.6 cm³/mol. The molecule has 4 nitrogen and oxygen atoms in total. The maximum absolute atomic E-state index is 12.5. The van der Waals surface area contributed by atoms with E-state index in [1.54, 1.807) is 6.92 Å². The monoisotopic (exact) mass is 250 g/mol. The lowest BCUT2D eigenvalue weighted by atomic mass is 9.40. The van der Waals surface area contributed by atoms with Crippen LogP contribution in [0.3, 0.4) is 0 Å². The SMILES string of the molecule is CC1C2CCC(=O)C3C(=O)C1(C)C(=O)C(C)(O)C32. The van der Waals surface area contributed by atoms with Crippen molar-refractivity contribution in [2.24, 2.45) is 29.1 Å². The molecule has 18 heavy (non-hydrogen) atoms. The Balaban J connectivity index is 2.25. The lowest BCUT2D eigenvalue weighted by Gasteiger charge is -2.61. The number of carbonyl (C=O) groups excluding carboxylic acids is 3. The second kappa shape index (κ2) is 3.10. The highest BCUT2D eigenvalue weighted by atomic mass is 16.3. The van der Waals surface area contributed by atoms with Crippen LogP contribution in [-0.2, 0) is 14.4 Å². The molecule has 4 aliphatic carbocycles. The summed E-state index contributed by atoms with van der Waals surface area (Å²) in [6.07, 6.45) is 1.09. The van der Waals surface area contributed by atoms with Gasteiger partial charge < -0.3 is 5.11 Å². The standard InChI is InChI=1S/C14H18O4/c1-6-7-4-5-8(15)9-10(7)14(3,18)12(17)13(6,2)11(9)16/h6-7,9-10,18H,4-5H2,1-3H3. The van der Waals surface area contributed by atoms with Gasteiger partial charge in [0.15, 0.2) is 11.6 Å². The van der Waals surface area contributed by atoms with Gasteiger partial charge in [-0.15, -0.1) is 0 Å². The van der Waals surface area contributed by atoms with Crippen molar-refractivity contribution in [1.82, 2.24) is 0 Å². The van der Waals surface area contributed by atoms with Crippen LogP contribution in [0, 0.1) is 29.1 Å². The first-order valence-corrected chi connectivity index (χ1v) is 6.58. The summed E-state index contributed by atoms with van der Waals surface area (Å²) in [7, 11) is 0. The van der Waals surface area contributed by atoms with Crippen molar-refractivity contribution < 1.29 is 19.5 Å². The van der Waals surface area contributed by atoms with Crippen LogP contribution in [0.5, 0.6) is 0 Å². The van der Waals surface area contributed by atoms with Crippen LogP contribution in [0.1, 0.15) is 33.6 Å². The number of fused-ring (bicyclic) bond motifs is 1. The first-order valence-electron chi connectivity index (χ1n) is 6.58. The summed E-state index contributed by atoms with van der Waals surface area (Å²) in [5, 5.41) is 10.5. The summed E-state index contributed by atoms with van der Waals surface area (Å²) < 4.78 is 0. The summed E-state index contributed by atoms with van der Waals surface area (Å²) in [6, 6.07) is 0. The number of Topliss-reactive ketones (excluding diaryl/α,β-unsaturated/α-hetero) is 3. The fourth-order valence-corrected chi connectivity index (χ4v) is 4.67. The molecule has 0 amide bonds.